The first-order chi connectivity index (χ1) is 14.1. The zero-order valence-electron chi connectivity index (χ0n) is 18.1. The van der Waals surface area contributed by atoms with Crippen LogP contribution in [0.1, 0.15) is 64.7 Å². The van der Waals surface area contributed by atoms with E-state index in [0.717, 1.165) is 6.42 Å². The summed E-state index contributed by atoms with van der Waals surface area (Å²) in [5.41, 5.74) is 0. The summed E-state index contributed by atoms with van der Waals surface area (Å²) in [6, 6.07) is 0. The molecule has 0 unspecified atom stereocenters. The number of hydrogen-bond acceptors (Lipinski definition) is 5. The van der Waals surface area contributed by atoms with E-state index in [4.69, 9.17) is 0 Å². The molecule has 0 spiro atoms. The van der Waals surface area contributed by atoms with Crippen LogP contribution in [0.3, 0.4) is 0 Å². The van der Waals surface area contributed by atoms with Crippen LogP contribution in [-0.4, -0.2) is 39.9 Å². The van der Waals surface area contributed by atoms with Gasteiger partial charge in [0.2, 0.25) is 0 Å². The molecule has 0 bridgehead atoms. The van der Waals surface area contributed by atoms with Crippen molar-refractivity contribution in [3.63, 3.8) is 0 Å². The van der Waals surface area contributed by atoms with Crippen molar-refractivity contribution in [2.45, 2.75) is 74.9 Å². The molecule has 5 heteroatoms. The smallest absolute Gasteiger partial charge is 0.305 e. The molecular formula is C24H38O3S2. The number of thioether (sulfide) groups is 2. The molecule has 29 heavy (non-hydrogen) atoms. The predicted octanol–water partition coefficient (Wildman–Crippen LogP) is 6.45. The van der Waals surface area contributed by atoms with Crippen LogP contribution in [0.4, 0.5) is 0 Å². The molecule has 0 aromatic rings. The molecule has 1 atom stereocenters. The Labute approximate surface area is 186 Å². The molecule has 164 valence electrons. The standard InChI is InChI=1S/C24H38O3S2/c1-3-4-5-6-8-11-18-24(28-20-14-21-29-24)19-12-9-7-10-15-22(25)16-13-17-23(26)27-2/h7-12,15,19,22,25H,3-6,13-14,16-18,20-21H2,1-2H3/b9-7+,11-8-,15-10-,19-12+/t22-/m1/s1. The highest BCUT2D eigenvalue weighted by atomic mass is 32.2. The highest BCUT2D eigenvalue weighted by Gasteiger charge is 2.29. The molecule has 0 saturated carbocycles. The summed E-state index contributed by atoms with van der Waals surface area (Å²) < 4.78 is 4.75. The number of rotatable bonds is 14. The third-order valence-corrected chi connectivity index (χ3v) is 7.93. The lowest BCUT2D eigenvalue weighted by Crippen LogP contribution is -2.21. The minimum absolute atomic E-state index is 0.154. The summed E-state index contributed by atoms with van der Waals surface area (Å²) in [5.74, 6) is 2.22. The van der Waals surface area contributed by atoms with Crippen LogP contribution in [0.5, 0.6) is 0 Å². The molecule has 0 aromatic carbocycles. The summed E-state index contributed by atoms with van der Waals surface area (Å²) >= 11 is 4.11. The fourth-order valence-electron chi connectivity index (χ4n) is 2.93. The average Bonchev–Trinajstić information content (AvgIpc) is 2.73. The van der Waals surface area contributed by atoms with Gasteiger partial charge in [0.15, 0.2) is 0 Å². The minimum Gasteiger partial charge on any atom is -0.469 e. The minimum atomic E-state index is -0.526. The van der Waals surface area contributed by atoms with Crippen molar-refractivity contribution in [1.29, 1.82) is 0 Å². The number of ether oxygens (including phenoxy) is 1. The average molecular weight is 439 g/mol. The van der Waals surface area contributed by atoms with Gasteiger partial charge in [-0.15, -0.1) is 23.5 Å². The maximum atomic E-state index is 11.1. The van der Waals surface area contributed by atoms with Gasteiger partial charge >= 0.3 is 5.97 Å². The molecular weight excluding hydrogens is 400 g/mol. The second kappa shape index (κ2) is 16.8. The Morgan fingerprint density at radius 1 is 1.10 bits per heavy atom. The van der Waals surface area contributed by atoms with Crippen molar-refractivity contribution in [2.75, 3.05) is 18.6 Å². The first-order valence-corrected chi connectivity index (χ1v) is 12.8. The first-order valence-electron chi connectivity index (χ1n) is 10.8. The molecule has 1 aliphatic heterocycles. The molecule has 1 N–H and O–H groups in total. The van der Waals surface area contributed by atoms with E-state index < -0.39 is 6.10 Å². The molecule has 0 amide bonds. The Kier molecular flexibility index (Phi) is 15.2. The number of allylic oxidation sites excluding steroid dienone is 6. The Morgan fingerprint density at radius 3 is 2.59 bits per heavy atom. The summed E-state index contributed by atoms with van der Waals surface area (Å²) in [6.45, 7) is 2.24. The molecule has 0 aromatic heterocycles. The Hall–Kier alpha value is -0.910. The summed E-state index contributed by atoms with van der Waals surface area (Å²) in [7, 11) is 1.38. The van der Waals surface area contributed by atoms with Crippen molar-refractivity contribution in [3.05, 3.63) is 48.6 Å². The van der Waals surface area contributed by atoms with Gasteiger partial charge in [-0.1, -0.05) is 68.4 Å². The SMILES string of the molecule is CCCCC/C=C\CC1(/C=C/C=C/C=C\[C@@H](O)CCCC(=O)OC)SCCCS1. The van der Waals surface area contributed by atoms with E-state index in [1.165, 1.54) is 50.7 Å². The van der Waals surface area contributed by atoms with Crippen LogP contribution in [0, 0.1) is 0 Å². The van der Waals surface area contributed by atoms with E-state index in [2.05, 4.69) is 59.5 Å². The lowest BCUT2D eigenvalue weighted by atomic mass is 10.1. The number of aliphatic hydroxyl groups is 1. The van der Waals surface area contributed by atoms with Gasteiger partial charge in [0.05, 0.1) is 17.3 Å². The maximum Gasteiger partial charge on any atom is 0.305 e. The van der Waals surface area contributed by atoms with Crippen LogP contribution in [0.15, 0.2) is 48.6 Å². The summed E-state index contributed by atoms with van der Waals surface area (Å²) in [6.07, 6.45) is 25.2. The Balaban J connectivity index is 2.41. The summed E-state index contributed by atoms with van der Waals surface area (Å²) in [5, 5.41) is 9.91. The number of aliphatic hydroxyl groups excluding tert-OH is 1. The molecule has 1 aliphatic rings. The van der Waals surface area contributed by atoms with Crippen LogP contribution in [-0.2, 0) is 9.53 Å². The molecule has 1 heterocycles. The molecule has 1 fully saturated rings. The Bertz CT molecular complexity index is 546. The third-order valence-electron chi connectivity index (χ3n) is 4.65. The van der Waals surface area contributed by atoms with Gasteiger partial charge in [0.1, 0.15) is 0 Å². The van der Waals surface area contributed by atoms with Crippen LogP contribution in [0.2, 0.25) is 0 Å². The van der Waals surface area contributed by atoms with Gasteiger partial charge in [-0.2, -0.15) is 0 Å². The van der Waals surface area contributed by atoms with Crippen molar-refractivity contribution in [3.8, 4) is 0 Å². The number of carbonyl (C=O) groups is 1. The molecule has 1 rings (SSSR count). The van der Waals surface area contributed by atoms with Crippen LogP contribution < -0.4 is 0 Å². The molecule has 0 aliphatic carbocycles. The molecule has 0 radical (unpaired) electrons. The zero-order valence-corrected chi connectivity index (χ0v) is 19.7. The van der Waals surface area contributed by atoms with Crippen molar-refractivity contribution in [2.24, 2.45) is 0 Å². The normalized spacial score (nSPS) is 18.3. The van der Waals surface area contributed by atoms with Gasteiger partial charge in [0, 0.05) is 6.42 Å². The zero-order chi connectivity index (χ0) is 21.2. The number of unbranched alkanes of at least 4 members (excludes halogenated alkanes) is 3. The quantitative estimate of drug-likeness (QED) is 0.146. The number of carbonyl (C=O) groups excluding carboxylic acids is 1. The fourth-order valence-corrected chi connectivity index (χ4v) is 5.99. The van der Waals surface area contributed by atoms with Crippen molar-refractivity contribution >= 4 is 29.5 Å². The topological polar surface area (TPSA) is 46.5 Å². The number of methoxy groups -OCH3 is 1. The molecule has 1 saturated heterocycles. The molecule has 3 nitrogen and oxygen atoms in total. The second-order valence-corrected chi connectivity index (χ2v) is 10.3. The lowest BCUT2D eigenvalue weighted by Gasteiger charge is -2.32. The van der Waals surface area contributed by atoms with Crippen LogP contribution >= 0.6 is 23.5 Å². The fraction of sp³-hybridized carbons (Fsp3) is 0.625. The predicted molar refractivity (Wildman–Crippen MR) is 129 cm³/mol. The number of hydrogen-bond donors (Lipinski definition) is 1. The number of esters is 1. The van der Waals surface area contributed by atoms with Crippen LogP contribution in [0.25, 0.3) is 0 Å². The Morgan fingerprint density at radius 2 is 1.86 bits per heavy atom. The van der Waals surface area contributed by atoms with Gasteiger partial charge in [0.25, 0.3) is 0 Å². The van der Waals surface area contributed by atoms with E-state index in [1.807, 2.05) is 18.2 Å². The van der Waals surface area contributed by atoms with E-state index in [9.17, 15) is 9.90 Å². The maximum absolute atomic E-state index is 11.1. The van der Waals surface area contributed by atoms with E-state index in [-0.39, 0.29) is 10.0 Å². The van der Waals surface area contributed by atoms with E-state index >= 15 is 0 Å². The highest BCUT2D eigenvalue weighted by Crippen LogP contribution is 2.46. The third kappa shape index (κ3) is 13.1. The highest BCUT2D eigenvalue weighted by molar-refractivity contribution is 8.19. The lowest BCUT2D eigenvalue weighted by molar-refractivity contribution is -0.140. The van der Waals surface area contributed by atoms with Gasteiger partial charge < -0.3 is 9.84 Å². The van der Waals surface area contributed by atoms with Gasteiger partial charge in [-0.3, -0.25) is 4.79 Å². The second-order valence-electron chi connectivity index (χ2n) is 7.20. The van der Waals surface area contributed by atoms with E-state index in [1.54, 1.807) is 6.08 Å². The van der Waals surface area contributed by atoms with Crippen molar-refractivity contribution in [1.82, 2.24) is 0 Å². The van der Waals surface area contributed by atoms with Crippen molar-refractivity contribution < 1.29 is 14.6 Å². The largest absolute Gasteiger partial charge is 0.469 e. The van der Waals surface area contributed by atoms with Gasteiger partial charge in [-0.25, -0.2) is 0 Å². The van der Waals surface area contributed by atoms with Gasteiger partial charge in [-0.05, 0) is 50.0 Å². The monoisotopic (exact) mass is 438 g/mol. The first kappa shape index (κ1) is 26.1. The van der Waals surface area contributed by atoms with E-state index in [0.29, 0.717) is 19.3 Å². The summed E-state index contributed by atoms with van der Waals surface area (Å²) in [4.78, 5) is 11.1.